The van der Waals surface area contributed by atoms with E-state index >= 15 is 0 Å². The molecule has 1 heterocycles. The number of amides is 1. The average molecular weight is 258 g/mol. The van der Waals surface area contributed by atoms with E-state index < -0.39 is 0 Å². The Balaban J connectivity index is 1.73. The topological polar surface area (TPSA) is 20.3 Å². The molecule has 3 aliphatic rings. The highest BCUT2D eigenvalue weighted by Gasteiger charge is 2.49. The van der Waals surface area contributed by atoms with Crippen molar-refractivity contribution in [2.75, 3.05) is 6.54 Å². The van der Waals surface area contributed by atoms with Gasteiger partial charge in [-0.1, -0.05) is 28.8 Å². The molecule has 0 radical (unpaired) electrons. The monoisotopic (exact) mass is 257 g/mol. The minimum absolute atomic E-state index is 0.113. The molecule has 0 aromatic heterocycles. The van der Waals surface area contributed by atoms with Gasteiger partial charge in [-0.15, -0.1) is 0 Å². The van der Waals surface area contributed by atoms with E-state index in [0.717, 1.165) is 24.8 Å². The van der Waals surface area contributed by atoms with Crippen LogP contribution in [0.25, 0.3) is 0 Å². The number of rotatable bonds is 1. The Morgan fingerprint density at radius 3 is 2.86 bits per heavy atom. The molecular formula is C11H16BrNO. The van der Waals surface area contributed by atoms with Crippen LogP contribution in [-0.4, -0.2) is 28.2 Å². The smallest absolute Gasteiger partial charge is 0.236 e. The molecule has 4 unspecified atom stereocenters. The Morgan fingerprint density at radius 1 is 1.29 bits per heavy atom. The molecule has 78 valence electrons. The van der Waals surface area contributed by atoms with E-state index in [1.165, 1.54) is 25.7 Å². The molecule has 1 saturated heterocycles. The molecule has 2 aliphatic carbocycles. The molecule has 0 spiro atoms. The molecule has 4 atom stereocenters. The number of halogens is 1. The molecule has 0 N–H and O–H groups in total. The quantitative estimate of drug-likeness (QED) is 0.660. The highest BCUT2D eigenvalue weighted by molar-refractivity contribution is 9.10. The Labute approximate surface area is 93.2 Å². The minimum atomic E-state index is 0.113. The second-order valence-electron chi connectivity index (χ2n) is 4.95. The van der Waals surface area contributed by atoms with Crippen molar-refractivity contribution in [3.8, 4) is 0 Å². The van der Waals surface area contributed by atoms with Crippen LogP contribution in [0.3, 0.4) is 0 Å². The lowest BCUT2D eigenvalue weighted by Gasteiger charge is -2.31. The number of likely N-dealkylation sites (tertiary alicyclic amines) is 1. The summed E-state index contributed by atoms with van der Waals surface area (Å²) in [6, 6.07) is 0.601. The molecule has 14 heavy (non-hydrogen) atoms. The van der Waals surface area contributed by atoms with E-state index in [0.29, 0.717) is 11.9 Å². The van der Waals surface area contributed by atoms with Crippen LogP contribution in [-0.2, 0) is 4.79 Å². The van der Waals surface area contributed by atoms with Crippen LogP contribution >= 0.6 is 15.9 Å². The molecule has 2 nitrogen and oxygen atoms in total. The SMILES string of the molecule is O=C1C(Br)CCN1C1CCCC2CC21. The van der Waals surface area contributed by atoms with Crippen LogP contribution in [0.5, 0.6) is 0 Å². The zero-order valence-corrected chi connectivity index (χ0v) is 9.87. The number of carbonyl (C=O) groups excluding carboxylic acids is 1. The van der Waals surface area contributed by atoms with Gasteiger partial charge in [0.1, 0.15) is 0 Å². The fourth-order valence-electron chi connectivity index (χ4n) is 3.26. The average Bonchev–Trinajstić information content (AvgIpc) is 2.90. The Hall–Kier alpha value is -0.0500. The van der Waals surface area contributed by atoms with Crippen molar-refractivity contribution in [3.05, 3.63) is 0 Å². The number of nitrogens with zero attached hydrogens (tertiary/aromatic N) is 1. The third-order valence-electron chi connectivity index (χ3n) is 4.12. The molecule has 0 aromatic carbocycles. The maximum atomic E-state index is 11.8. The first-order chi connectivity index (χ1) is 6.77. The van der Waals surface area contributed by atoms with Crippen LogP contribution < -0.4 is 0 Å². The van der Waals surface area contributed by atoms with Crippen LogP contribution in [0, 0.1) is 11.8 Å². The van der Waals surface area contributed by atoms with E-state index in [2.05, 4.69) is 20.8 Å². The Bertz CT molecular complexity index is 268. The van der Waals surface area contributed by atoms with Crippen LogP contribution in [0.2, 0.25) is 0 Å². The summed E-state index contributed by atoms with van der Waals surface area (Å²) in [4.78, 5) is 14.1. The predicted molar refractivity (Wildman–Crippen MR) is 58.3 cm³/mol. The van der Waals surface area contributed by atoms with Gasteiger partial charge in [-0.2, -0.15) is 0 Å². The van der Waals surface area contributed by atoms with Crippen molar-refractivity contribution in [2.45, 2.75) is 43.0 Å². The van der Waals surface area contributed by atoms with E-state index in [1.807, 2.05) is 0 Å². The van der Waals surface area contributed by atoms with Gasteiger partial charge >= 0.3 is 0 Å². The lowest BCUT2D eigenvalue weighted by molar-refractivity contribution is -0.130. The molecule has 1 aliphatic heterocycles. The molecule has 1 amide bonds. The molecule has 0 bridgehead atoms. The summed E-state index contributed by atoms with van der Waals surface area (Å²) in [6.45, 7) is 0.989. The van der Waals surface area contributed by atoms with Gasteiger partial charge in [0.2, 0.25) is 5.91 Å². The third kappa shape index (κ3) is 1.32. The van der Waals surface area contributed by atoms with Crippen molar-refractivity contribution >= 4 is 21.8 Å². The second-order valence-corrected chi connectivity index (χ2v) is 6.05. The molecule has 3 heteroatoms. The van der Waals surface area contributed by atoms with E-state index in [9.17, 15) is 4.79 Å². The number of hydrogen-bond donors (Lipinski definition) is 0. The Kier molecular flexibility index (Phi) is 2.12. The van der Waals surface area contributed by atoms with Crippen molar-refractivity contribution < 1.29 is 4.79 Å². The van der Waals surface area contributed by atoms with Crippen LogP contribution in [0.1, 0.15) is 32.1 Å². The van der Waals surface area contributed by atoms with Gasteiger partial charge in [0, 0.05) is 12.6 Å². The third-order valence-corrected chi connectivity index (χ3v) is 4.97. The normalized spacial score (nSPS) is 46.6. The van der Waals surface area contributed by atoms with Gasteiger partial charge in [-0.05, 0) is 31.1 Å². The molecule has 2 saturated carbocycles. The number of fused-ring (bicyclic) bond motifs is 1. The minimum Gasteiger partial charge on any atom is -0.338 e. The lowest BCUT2D eigenvalue weighted by atomic mass is 9.94. The fraction of sp³-hybridized carbons (Fsp3) is 0.909. The van der Waals surface area contributed by atoms with Crippen molar-refractivity contribution in [1.82, 2.24) is 4.90 Å². The van der Waals surface area contributed by atoms with Gasteiger partial charge in [0.05, 0.1) is 4.83 Å². The number of carbonyl (C=O) groups is 1. The number of alkyl halides is 1. The summed E-state index contributed by atoms with van der Waals surface area (Å²) in [5.41, 5.74) is 0. The van der Waals surface area contributed by atoms with Gasteiger partial charge < -0.3 is 4.90 Å². The van der Waals surface area contributed by atoms with E-state index in [1.54, 1.807) is 0 Å². The summed E-state index contributed by atoms with van der Waals surface area (Å²) < 4.78 is 0. The number of hydrogen-bond acceptors (Lipinski definition) is 1. The zero-order valence-electron chi connectivity index (χ0n) is 8.29. The van der Waals surface area contributed by atoms with Crippen molar-refractivity contribution in [3.63, 3.8) is 0 Å². The predicted octanol–water partition coefficient (Wildman–Crippen LogP) is 2.17. The Morgan fingerprint density at radius 2 is 2.14 bits per heavy atom. The summed E-state index contributed by atoms with van der Waals surface area (Å²) in [5, 5.41) is 0. The van der Waals surface area contributed by atoms with Gasteiger partial charge in [0.15, 0.2) is 0 Å². The van der Waals surface area contributed by atoms with Gasteiger partial charge in [-0.3, -0.25) is 4.79 Å². The van der Waals surface area contributed by atoms with E-state index in [-0.39, 0.29) is 4.83 Å². The van der Waals surface area contributed by atoms with Crippen LogP contribution in [0.4, 0.5) is 0 Å². The van der Waals surface area contributed by atoms with Crippen molar-refractivity contribution in [1.29, 1.82) is 0 Å². The molecule has 3 fully saturated rings. The largest absolute Gasteiger partial charge is 0.338 e. The first-order valence-corrected chi connectivity index (χ1v) is 6.63. The summed E-state index contributed by atoms with van der Waals surface area (Å²) in [7, 11) is 0. The molecular weight excluding hydrogens is 242 g/mol. The maximum Gasteiger partial charge on any atom is 0.236 e. The lowest BCUT2D eigenvalue weighted by Crippen LogP contribution is -2.40. The highest BCUT2D eigenvalue weighted by Crippen LogP contribution is 2.51. The van der Waals surface area contributed by atoms with Crippen molar-refractivity contribution in [2.24, 2.45) is 11.8 Å². The second kappa shape index (κ2) is 3.22. The van der Waals surface area contributed by atoms with Gasteiger partial charge in [-0.25, -0.2) is 0 Å². The fourth-order valence-corrected chi connectivity index (χ4v) is 3.73. The molecule has 3 rings (SSSR count). The zero-order chi connectivity index (χ0) is 9.71. The van der Waals surface area contributed by atoms with E-state index in [4.69, 9.17) is 0 Å². The summed E-state index contributed by atoms with van der Waals surface area (Å²) in [6.07, 6.45) is 6.41. The first-order valence-electron chi connectivity index (χ1n) is 5.72. The van der Waals surface area contributed by atoms with Crippen LogP contribution in [0.15, 0.2) is 0 Å². The summed E-state index contributed by atoms with van der Waals surface area (Å²) in [5.74, 6) is 2.18. The first kappa shape index (κ1) is 9.20. The maximum absolute atomic E-state index is 11.8. The highest BCUT2D eigenvalue weighted by atomic mass is 79.9. The standard InChI is InChI=1S/C11H16BrNO/c12-9-4-5-13(11(9)14)10-3-1-2-7-6-8(7)10/h7-10H,1-6H2. The molecule has 0 aromatic rings. The van der Waals surface area contributed by atoms with Gasteiger partial charge in [0.25, 0.3) is 0 Å². The summed E-state index contributed by atoms with van der Waals surface area (Å²) >= 11 is 3.45.